The lowest BCUT2D eigenvalue weighted by atomic mass is 10.1. The smallest absolute Gasteiger partial charge is 0.423 e. The molecule has 0 fully saturated rings. The van der Waals surface area contributed by atoms with Crippen molar-refractivity contribution in [2.75, 3.05) is 17.7 Å². The second-order valence-electron chi connectivity index (χ2n) is 7.77. The highest BCUT2D eigenvalue weighted by Gasteiger charge is 2.39. The van der Waals surface area contributed by atoms with Gasteiger partial charge in [0.05, 0.1) is 12.4 Å². The Hall–Kier alpha value is -3.74. The summed E-state index contributed by atoms with van der Waals surface area (Å²) in [6.45, 7) is 0.199. The Labute approximate surface area is 196 Å². The van der Waals surface area contributed by atoms with Crippen molar-refractivity contribution >= 4 is 36.8 Å². The predicted octanol–water partition coefficient (Wildman–Crippen LogP) is 2.88. The Morgan fingerprint density at radius 2 is 1.89 bits per heavy atom. The molecule has 0 bridgehead atoms. The standard InChI is InChI=1S/C20H18F3N6O5P/c1-28-9-12-6-7-29(31)17(15(12)18(28)30)26-16-14(20(21,22)23)8-24-19(27-16)25-13-4-2-11(3-5-13)10-35(32,33)34/h2-8H,9-10H2,1H3,(H2,32,33,34)(H2,24,25,26,27). The molecule has 0 aliphatic carbocycles. The molecule has 1 amide bonds. The van der Waals surface area contributed by atoms with E-state index in [9.17, 15) is 27.7 Å². The minimum atomic E-state index is -4.86. The van der Waals surface area contributed by atoms with E-state index in [1.807, 2.05) is 0 Å². The largest absolute Gasteiger partial charge is 0.711 e. The van der Waals surface area contributed by atoms with E-state index in [0.717, 1.165) is 6.20 Å². The Morgan fingerprint density at radius 1 is 1.20 bits per heavy atom. The second kappa shape index (κ2) is 8.80. The van der Waals surface area contributed by atoms with Gasteiger partial charge in [0.1, 0.15) is 11.1 Å². The number of hydrogen-bond donors (Lipinski definition) is 4. The quantitative estimate of drug-likeness (QED) is 0.223. The van der Waals surface area contributed by atoms with E-state index in [0.29, 0.717) is 23.0 Å². The van der Waals surface area contributed by atoms with Crippen LogP contribution in [0.5, 0.6) is 0 Å². The molecule has 0 unspecified atom stereocenters. The van der Waals surface area contributed by atoms with Gasteiger partial charge >= 0.3 is 13.8 Å². The minimum Gasteiger partial charge on any atom is -0.711 e. The van der Waals surface area contributed by atoms with Gasteiger partial charge in [0.25, 0.3) is 11.7 Å². The van der Waals surface area contributed by atoms with Gasteiger partial charge in [-0.3, -0.25) is 9.36 Å². The molecule has 0 radical (unpaired) electrons. The first-order valence-corrected chi connectivity index (χ1v) is 11.7. The average molecular weight is 510 g/mol. The van der Waals surface area contributed by atoms with Crippen LogP contribution < -0.4 is 15.4 Å². The van der Waals surface area contributed by atoms with E-state index in [4.69, 9.17) is 9.79 Å². The van der Waals surface area contributed by atoms with E-state index in [-0.39, 0.29) is 22.8 Å². The number of anilines is 4. The third-order valence-corrected chi connectivity index (χ3v) is 5.86. The average Bonchev–Trinajstić information content (AvgIpc) is 3.04. The van der Waals surface area contributed by atoms with Gasteiger partial charge in [0, 0.05) is 25.5 Å². The van der Waals surface area contributed by atoms with Crippen molar-refractivity contribution in [1.82, 2.24) is 14.9 Å². The number of halogens is 3. The number of pyridine rings is 1. The number of carbonyl (C=O) groups is 1. The fourth-order valence-electron chi connectivity index (χ4n) is 3.50. The third-order valence-electron chi connectivity index (χ3n) is 5.09. The Balaban J connectivity index is 1.68. The number of rotatable bonds is 6. The van der Waals surface area contributed by atoms with E-state index < -0.39 is 43.0 Å². The first-order chi connectivity index (χ1) is 16.3. The summed E-state index contributed by atoms with van der Waals surface area (Å²) >= 11 is 0. The summed E-state index contributed by atoms with van der Waals surface area (Å²) in [7, 11) is -2.76. The maximum Gasteiger partial charge on any atom is 0.423 e. The lowest BCUT2D eigenvalue weighted by Crippen LogP contribution is -2.32. The Morgan fingerprint density at radius 3 is 2.51 bits per heavy atom. The van der Waals surface area contributed by atoms with Crippen LogP contribution in [-0.4, -0.2) is 37.6 Å². The summed E-state index contributed by atoms with van der Waals surface area (Å²) < 4.78 is 52.3. The predicted molar refractivity (Wildman–Crippen MR) is 117 cm³/mol. The Kier molecular flexibility index (Phi) is 6.13. The molecule has 1 aliphatic heterocycles. The van der Waals surface area contributed by atoms with Gasteiger partial charge < -0.3 is 25.2 Å². The molecule has 11 nitrogen and oxygen atoms in total. The second-order valence-corrected chi connectivity index (χ2v) is 9.42. The van der Waals surface area contributed by atoms with Crippen LogP contribution >= 0.6 is 7.60 Å². The first kappa shape index (κ1) is 24.4. The maximum atomic E-state index is 13.6. The number of benzene rings is 1. The molecule has 0 spiro atoms. The summed E-state index contributed by atoms with van der Waals surface area (Å²) in [5.41, 5.74) is -0.139. The number of amides is 1. The van der Waals surface area contributed by atoms with Crippen LogP contribution in [0.3, 0.4) is 0 Å². The lowest BCUT2D eigenvalue weighted by Gasteiger charge is -2.15. The molecule has 4 N–H and O–H groups in total. The van der Waals surface area contributed by atoms with Crippen molar-refractivity contribution in [3.63, 3.8) is 0 Å². The third kappa shape index (κ3) is 5.34. The highest BCUT2D eigenvalue weighted by atomic mass is 31.2. The topological polar surface area (TPSA) is 155 Å². The molecule has 0 saturated carbocycles. The van der Waals surface area contributed by atoms with Gasteiger partial charge in [-0.05, 0) is 29.3 Å². The van der Waals surface area contributed by atoms with Gasteiger partial charge in [-0.25, -0.2) is 15.0 Å². The molecular weight excluding hydrogens is 492 g/mol. The highest BCUT2D eigenvalue weighted by molar-refractivity contribution is 7.50. The number of aromatic nitrogens is 3. The van der Waals surface area contributed by atoms with E-state index in [1.54, 1.807) is 0 Å². The van der Waals surface area contributed by atoms with Gasteiger partial charge in [0.2, 0.25) is 11.8 Å². The zero-order valence-corrected chi connectivity index (χ0v) is 18.8. The monoisotopic (exact) mass is 510 g/mol. The van der Waals surface area contributed by atoms with Crippen LogP contribution in [0.1, 0.15) is 27.0 Å². The minimum absolute atomic E-state index is 0.0492. The zero-order chi connectivity index (χ0) is 25.5. The molecule has 15 heteroatoms. The number of carbonyl (C=O) groups excluding carboxylic acids is 1. The number of hydrogen-bond acceptors (Lipinski definition) is 7. The van der Waals surface area contributed by atoms with Gasteiger partial charge in [-0.15, -0.1) is 0 Å². The van der Waals surface area contributed by atoms with Crippen molar-refractivity contribution in [3.8, 4) is 0 Å². The van der Waals surface area contributed by atoms with Crippen LogP contribution in [0, 0.1) is 5.21 Å². The van der Waals surface area contributed by atoms with Gasteiger partial charge in [-0.2, -0.15) is 18.2 Å². The molecule has 3 heterocycles. The van der Waals surface area contributed by atoms with Crippen LogP contribution in [-0.2, 0) is 23.4 Å². The molecule has 2 aromatic heterocycles. The molecule has 184 valence electrons. The van der Waals surface area contributed by atoms with E-state index in [2.05, 4.69) is 20.6 Å². The number of fused-ring (bicyclic) bond motifs is 1. The van der Waals surface area contributed by atoms with Crippen LogP contribution in [0.2, 0.25) is 0 Å². The van der Waals surface area contributed by atoms with Crippen LogP contribution in [0.25, 0.3) is 0 Å². The molecule has 1 aliphatic rings. The molecular formula is C20H18F3N6O5P. The van der Waals surface area contributed by atoms with Crippen molar-refractivity contribution in [1.29, 1.82) is 0 Å². The summed E-state index contributed by atoms with van der Waals surface area (Å²) in [6, 6.07) is 7.18. The zero-order valence-electron chi connectivity index (χ0n) is 17.9. The molecule has 0 atom stereocenters. The molecule has 4 rings (SSSR count). The molecule has 3 aromatic rings. The maximum absolute atomic E-state index is 13.6. The summed E-state index contributed by atoms with van der Waals surface area (Å²) in [5.74, 6) is -1.91. The molecule has 0 saturated heterocycles. The van der Waals surface area contributed by atoms with E-state index >= 15 is 0 Å². The van der Waals surface area contributed by atoms with E-state index in [1.165, 1.54) is 42.3 Å². The molecule has 1 aromatic carbocycles. The SMILES string of the molecule is CN1Cc2cc[n+]([O-])c(Nc3nc(Nc4ccc(CP(=O)(O)O)cc4)ncc3C(F)(F)F)c2C1=O. The van der Waals surface area contributed by atoms with Gasteiger partial charge in [0.15, 0.2) is 0 Å². The van der Waals surface area contributed by atoms with Crippen molar-refractivity contribution in [2.45, 2.75) is 18.9 Å². The fourth-order valence-corrected chi connectivity index (χ4v) is 4.19. The fraction of sp³-hybridized carbons (Fsp3) is 0.200. The van der Waals surface area contributed by atoms with Crippen molar-refractivity contribution in [2.24, 2.45) is 0 Å². The number of alkyl halides is 3. The first-order valence-electron chi connectivity index (χ1n) is 9.94. The van der Waals surface area contributed by atoms with Crippen molar-refractivity contribution in [3.05, 3.63) is 70.2 Å². The number of nitrogens with one attached hydrogen (secondary N) is 2. The van der Waals surface area contributed by atoms with Crippen molar-refractivity contribution < 1.29 is 37.0 Å². The normalized spacial score (nSPS) is 13.7. The summed E-state index contributed by atoms with van der Waals surface area (Å²) in [6.07, 6.45) is -3.72. The highest BCUT2D eigenvalue weighted by Crippen LogP contribution is 2.39. The Bertz CT molecular complexity index is 1350. The van der Waals surface area contributed by atoms with Gasteiger partial charge in [-0.1, -0.05) is 12.1 Å². The lowest BCUT2D eigenvalue weighted by molar-refractivity contribution is -0.590. The number of nitrogens with zero attached hydrogens (tertiary/aromatic N) is 4. The summed E-state index contributed by atoms with van der Waals surface area (Å²) in [5, 5.41) is 17.5. The molecule has 35 heavy (non-hydrogen) atoms. The van der Waals surface area contributed by atoms with Crippen LogP contribution in [0.4, 0.5) is 36.4 Å². The summed E-state index contributed by atoms with van der Waals surface area (Å²) in [4.78, 5) is 39.5. The van der Waals surface area contributed by atoms with Crippen LogP contribution in [0.15, 0.2) is 42.7 Å².